The minimum Gasteiger partial charge on any atom is -0.356 e. The number of amides is 1. The first kappa shape index (κ1) is 14.3. The molecule has 0 aliphatic heterocycles. The van der Waals surface area contributed by atoms with Crippen LogP contribution >= 0.6 is 0 Å². The smallest absolute Gasteiger partial charge is 0.220 e. The molecule has 2 rings (SSSR count). The van der Waals surface area contributed by atoms with Gasteiger partial charge in [-0.25, -0.2) is 0 Å². The van der Waals surface area contributed by atoms with Crippen LogP contribution in [0.1, 0.15) is 24.0 Å². The number of benzene rings is 1. The molecule has 0 atom stereocenters. The van der Waals surface area contributed by atoms with Gasteiger partial charge in [-0.2, -0.15) is 0 Å². The molecule has 0 unspecified atom stereocenters. The van der Waals surface area contributed by atoms with Gasteiger partial charge in [0.05, 0.1) is 0 Å². The molecule has 1 aromatic carbocycles. The maximum absolute atomic E-state index is 11.7. The molecule has 20 heavy (non-hydrogen) atoms. The van der Waals surface area contributed by atoms with Crippen molar-refractivity contribution in [2.45, 2.75) is 25.7 Å². The predicted molar refractivity (Wildman–Crippen MR) is 80.3 cm³/mol. The Morgan fingerprint density at radius 2 is 1.80 bits per heavy atom. The van der Waals surface area contributed by atoms with Crippen molar-refractivity contribution < 1.29 is 4.79 Å². The van der Waals surface area contributed by atoms with Crippen LogP contribution in [-0.4, -0.2) is 17.4 Å². The number of aryl methyl sites for hydroxylation is 1. The highest BCUT2D eigenvalue weighted by Crippen LogP contribution is 2.03. The molecule has 0 saturated carbocycles. The van der Waals surface area contributed by atoms with Crippen molar-refractivity contribution in [1.29, 1.82) is 0 Å². The number of hydrogen-bond acceptors (Lipinski definition) is 2. The number of nitrogens with one attached hydrogen (secondary N) is 1. The standard InChI is InChI=1S/C17H20N2O/c20-17(10-4-8-16-9-5-12-18-14-16)19-13-11-15-6-2-1-3-7-15/h1-3,5-7,9,12,14H,4,8,10-11,13H2,(H,19,20). The molecule has 1 heterocycles. The van der Waals surface area contributed by atoms with Crippen LogP contribution < -0.4 is 5.32 Å². The van der Waals surface area contributed by atoms with Crippen molar-refractivity contribution in [2.24, 2.45) is 0 Å². The summed E-state index contributed by atoms with van der Waals surface area (Å²) in [7, 11) is 0. The summed E-state index contributed by atoms with van der Waals surface area (Å²) in [6.07, 6.45) is 6.84. The lowest BCUT2D eigenvalue weighted by Gasteiger charge is -2.05. The highest BCUT2D eigenvalue weighted by atomic mass is 16.1. The van der Waals surface area contributed by atoms with Gasteiger partial charge in [0.25, 0.3) is 0 Å². The largest absolute Gasteiger partial charge is 0.356 e. The van der Waals surface area contributed by atoms with Gasteiger partial charge >= 0.3 is 0 Å². The van der Waals surface area contributed by atoms with Crippen LogP contribution in [0, 0.1) is 0 Å². The zero-order chi connectivity index (χ0) is 14.0. The third-order valence-electron chi connectivity index (χ3n) is 3.17. The summed E-state index contributed by atoms with van der Waals surface area (Å²) in [6.45, 7) is 0.704. The van der Waals surface area contributed by atoms with Crippen LogP contribution in [0.5, 0.6) is 0 Å². The molecule has 1 aromatic heterocycles. The van der Waals surface area contributed by atoms with E-state index in [-0.39, 0.29) is 5.91 Å². The summed E-state index contributed by atoms with van der Waals surface area (Å²) in [6, 6.07) is 14.2. The predicted octanol–water partition coefficient (Wildman–Crippen LogP) is 2.76. The summed E-state index contributed by atoms with van der Waals surface area (Å²) in [5, 5.41) is 2.96. The maximum atomic E-state index is 11.7. The van der Waals surface area contributed by atoms with Crippen LogP contribution in [-0.2, 0) is 17.6 Å². The molecule has 0 aliphatic rings. The molecule has 0 radical (unpaired) electrons. The minimum absolute atomic E-state index is 0.129. The molecule has 0 saturated heterocycles. The third kappa shape index (κ3) is 5.22. The van der Waals surface area contributed by atoms with Crippen molar-refractivity contribution in [1.82, 2.24) is 10.3 Å². The molecule has 3 heteroatoms. The van der Waals surface area contributed by atoms with E-state index in [4.69, 9.17) is 0 Å². The fourth-order valence-electron chi connectivity index (χ4n) is 2.08. The quantitative estimate of drug-likeness (QED) is 0.839. The van der Waals surface area contributed by atoms with Crippen LogP contribution in [0.3, 0.4) is 0 Å². The highest BCUT2D eigenvalue weighted by molar-refractivity contribution is 5.75. The maximum Gasteiger partial charge on any atom is 0.220 e. The average molecular weight is 268 g/mol. The van der Waals surface area contributed by atoms with E-state index in [0.29, 0.717) is 13.0 Å². The molecule has 0 spiro atoms. The van der Waals surface area contributed by atoms with Gasteiger partial charge in [-0.3, -0.25) is 9.78 Å². The highest BCUT2D eigenvalue weighted by Gasteiger charge is 2.01. The second kappa shape index (κ2) is 8.10. The number of pyridine rings is 1. The van der Waals surface area contributed by atoms with Gasteiger partial charge in [0, 0.05) is 25.4 Å². The molecule has 2 aromatic rings. The van der Waals surface area contributed by atoms with Gasteiger partial charge in [-0.05, 0) is 36.5 Å². The molecular weight excluding hydrogens is 248 g/mol. The van der Waals surface area contributed by atoms with Crippen molar-refractivity contribution in [2.75, 3.05) is 6.54 Å². The number of rotatable bonds is 7. The van der Waals surface area contributed by atoms with Crippen LogP contribution in [0.4, 0.5) is 0 Å². The van der Waals surface area contributed by atoms with Crippen LogP contribution in [0.2, 0.25) is 0 Å². The van der Waals surface area contributed by atoms with E-state index in [9.17, 15) is 4.79 Å². The normalized spacial score (nSPS) is 10.2. The van der Waals surface area contributed by atoms with E-state index in [0.717, 1.165) is 19.3 Å². The molecule has 1 N–H and O–H groups in total. The van der Waals surface area contributed by atoms with E-state index in [2.05, 4.69) is 22.4 Å². The average Bonchev–Trinajstić information content (AvgIpc) is 2.49. The Hall–Kier alpha value is -2.16. The fraction of sp³-hybridized carbons (Fsp3) is 0.294. The Kier molecular flexibility index (Phi) is 5.77. The molecule has 104 valence electrons. The zero-order valence-electron chi connectivity index (χ0n) is 11.6. The second-order valence-corrected chi connectivity index (χ2v) is 4.80. The van der Waals surface area contributed by atoms with Crippen molar-refractivity contribution in [3.05, 3.63) is 66.0 Å². The summed E-state index contributed by atoms with van der Waals surface area (Å²) < 4.78 is 0. The summed E-state index contributed by atoms with van der Waals surface area (Å²) in [5.41, 5.74) is 2.44. The van der Waals surface area contributed by atoms with Crippen molar-refractivity contribution in [3.8, 4) is 0 Å². The molecule has 1 amide bonds. The summed E-state index contributed by atoms with van der Waals surface area (Å²) in [5.74, 6) is 0.129. The first-order valence-electron chi connectivity index (χ1n) is 7.04. The van der Waals surface area contributed by atoms with Crippen LogP contribution in [0.15, 0.2) is 54.9 Å². The molecule has 0 fully saturated rings. The van der Waals surface area contributed by atoms with E-state index in [1.54, 1.807) is 6.20 Å². The SMILES string of the molecule is O=C(CCCc1cccnc1)NCCc1ccccc1. The monoisotopic (exact) mass is 268 g/mol. The number of carbonyl (C=O) groups excluding carboxylic acids is 1. The summed E-state index contributed by atoms with van der Waals surface area (Å²) >= 11 is 0. The van der Waals surface area contributed by atoms with Gasteiger partial charge in [0.15, 0.2) is 0 Å². The van der Waals surface area contributed by atoms with Gasteiger partial charge in [0.1, 0.15) is 0 Å². The number of aromatic nitrogens is 1. The van der Waals surface area contributed by atoms with E-state index in [1.807, 2.05) is 36.5 Å². The fourth-order valence-corrected chi connectivity index (χ4v) is 2.08. The van der Waals surface area contributed by atoms with Gasteiger partial charge in [-0.1, -0.05) is 36.4 Å². The van der Waals surface area contributed by atoms with Gasteiger partial charge < -0.3 is 5.32 Å². The first-order valence-corrected chi connectivity index (χ1v) is 7.04. The van der Waals surface area contributed by atoms with Crippen molar-refractivity contribution >= 4 is 5.91 Å². The third-order valence-corrected chi connectivity index (χ3v) is 3.17. The number of nitrogens with zero attached hydrogens (tertiary/aromatic N) is 1. The van der Waals surface area contributed by atoms with E-state index >= 15 is 0 Å². The molecule has 3 nitrogen and oxygen atoms in total. The first-order chi connectivity index (χ1) is 9.84. The molecular formula is C17H20N2O. The Morgan fingerprint density at radius 1 is 1.00 bits per heavy atom. The lowest BCUT2D eigenvalue weighted by Crippen LogP contribution is -2.25. The Morgan fingerprint density at radius 3 is 2.55 bits per heavy atom. The van der Waals surface area contributed by atoms with Crippen molar-refractivity contribution in [3.63, 3.8) is 0 Å². The minimum atomic E-state index is 0.129. The Balaban J connectivity index is 1.59. The summed E-state index contributed by atoms with van der Waals surface area (Å²) in [4.78, 5) is 15.8. The van der Waals surface area contributed by atoms with E-state index in [1.165, 1.54) is 11.1 Å². The Labute approximate surface area is 120 Å². The number of hydrogen-bond donors (Lipinski definition) is 1. The lowest BCUT2D eigenvalue weighted by atomic mass is 10.1. The topological polar surface area (TPSA) is 42.0 Å². The van der Waals surface area contributed by atoms with Crippen LogP contribution in [0.25, 0.3) is 0 Å². The molecule has 0 bridgehead atoms. The Bertz CT molecular complexity index is 464. The lowest BCUT2D eigenvalue weighted by molar-refractivity contribution is -0.121. The second-order valence-electron chi connectivity index (χ2n) is 4.80. The van der Waals surface area contributed by atoms with E-state index < -0.39 is 0 Å². The number of carbonyl (C=O) groups is 1. The van der Waals surface area contributed by atoms with Gasteiger partial charge in [-0.15, -0.1) is 0 Å². The molecule has 0 aliphatic carbocycles. The van der Waals surface area contributed by atoms with Gasteiger partial charge in [0.2, 0.25) is 5.91 Å². The zero-order valence-corrected chi connectivity index (χ0v) is 11.6.